The molecule has 0 radical (unpaired) electrons. The molecule has 4 heteroatoms. The van der Waals surface area contributed by atoms with E-state index in [9.17, 15) is 10.2 Å². The summed E-state index contributed by atoms with van der Waals surface area (Å²) in [6.45, 7) is 5.82. The lowest BCUT2D eigenvalue weighted by atomic mass is 9.84. The van der Waals surface area contributed by atoms with Gasteiger partial charge in [0.25, 0.3) is 0 Å². The minimum absolute atomic E-state index is 0.0977. The summed E-state index contributed by atoms with van der Waals surface area (Å²) in [5.74, 6) is -0.553. The van der Waals surface area contributed by atoms with Gasteiger partial charge in [-0.3, -0.25) is 0 Å². The van der Waals surface area contributed by atoms with Crippen molar-refractivity contribution >= 4 is 0 Å². The Balaban J connectivity index is 2.11. The van der Waals surface area contributed by atoms with Crippen LogP contribution in [-0.4, -0.2) is 40.9 Å². The van der Waals surface area contributed by atoms with Crippen LogP contribution in [0.3, 0.4) is 0 Å². The summed E-state index contributed by atoms with van der Waals surface area (Å²) in [5.41, 5.74) is -0.276. The van der Waals surface area contributed by atoms with Gasteiger partial charge in [0.1, 0.15) is 12.2 Å². The third kappa shape index (κ3) is 2.72. The van der Waals surface area contributed by atoms with Crippen LogP contribution in [0.4, 0.5) is 0 Å². The zero-order valence-corrected chi connectivity index (χ0v) is 11.7. The average molecular weight is 258 g/mol. The van der Waals surface area contributed by atoms with Gasteiger partial charge < -0.3 is 19.7 Å². The lowest BCUT2D eigenvalue weighted by Gasteiger charge is -2.34. The molecular formula is C14H26O4. The Labute approximate surface area is 109 Å². The Kier molecular flexibility index (Phi) is 4.02. The fourth-order valence-corrected chi connectivity index (χ4v) is 2.92. The molecule has 1 saturated heterocycles. The van der Waals surface area contributed by atoms with Crippen molar-refractivity contribution in [1.82, 2.24) is 0 Å². The predicted molar refractivity (Wildman–Crippen MR) is 68.1 cm³/mol. The molecule has 1 aliphatic carbocycles. The molecule has 1 spiro atoms. The molecule has 2 aliphatic rings. The summed E-state index contributed by atoms with van der Waals surface area (Å²) < 4.78 is 12.0. The van der Waals surface area contributed by atoms with Crippen LogP contribution in [0, 0.1) is 5.41 Å². The number of hydrogen-bond acceptors (Lipinski definition) is 4. The molecular weight excluding hydrogens is 232 g/mol. The lowest BCUT2D eigenvalue weighted by molar-refractivity contribution is -0.205. The minimum atomic E-state index is -0.629. The Morgan fingerprint density at radius 1 is 1.17 bits per heavy atom. The van der Waals surface area contributed by atoms with Gasteiger partial charge in [-0.1, -0.05) is 27.2 Å². The highest BCUT2D eigenvalue weighted by Crippen LogP contribution is 2.43. The van der Waals surface area contributed by atoms with E-state index in [1.807, 2.05) is 20.8 Å². The van der Waals surface area contributed by atoms with Crippen molar-refractivity contribution in [1.29, 1.82) is 0 Å². The highest BCUT2D eigenvalue weighted by Gasteiger charge is 2.51. The zero-order valence-electron chi connectivity index (χ0n) is 11.7. The molecule has 1 saturated carbocycles. The van der Waals surface area contributed by atoms with Gasteiger partial charge in [0.05, 0.1) is 12.7 Å². The summed E-state index contributed by atoms with van der Waals surface area (Å²) in [6.07, 6.45) is 3.69. The van der Waals surface area contributed by atoms with Crippen molar-refractivity contribution < 1.29 is 19.7 Å². The van der Waals surface area contributed by atoms with Gasteiger partial charge in [0.15, 0.2) is 5.79 Å². The first-order valence-corrected chi connectivity index (χ1v) is 7.02. The van der Waals surface area contributed by atoms with E-state index in [0.29, 0.717) is 0 Å². The molecule has 0 amide bonds. The van der Waals surface area contributed by atoms with Crippen LogP contribution in [0.2, 0.25) is 0 Å². The first-order chi connectivity index (χ1) is 8.38. The zero-order chi connectivity index (χ0) is 13.4. The number of aliphatic hydroxyl groups excluding tert-OH is 2. The molecule has 18 heavy (non-hydrogen) atoms. The van der Waals surface area contributed by atoms with E-state index in [1.165, 1.54) is 6.42 Å². The molecule has 106 valence electrons. The molecule has 1 aliphatic heterocycles. The van der Waals surface area contributed by atoms with Crippen molar-refractivity contribution in [2.45, 2.75) is 77.0 Å². The molecule has 3 atom stereocenters. The molecule has 2 fully saturated rings. The summed E-state index contributed by atoms with van der Waals surface area (Å²) in [6, 6.07) is 0. The fourth-order valence-electron chi connectivity index (χ4n) is 2.92. The topological polar surface area (TPSA) is 58.9 Å². The second-order valence-corrected chi connectivity index (χ2v) is 6.70. The molecule has 0 bridgehead atoms. The van der Waals surface area contributed by atoms with Crippen molar-refractivity contribution in [3.05, 3.63) is 0 Å². The first-order valence-electron chi connectivity index (χ1n) is 7.02. The van der Waals surface area contributed by atoms with E-state index >= 15 is 0 Å². The smallest absolute Gasteiger partial charge is 0.169 e. The molecule has 0 aromatic carbocycles. The number of hydrogen-bond donors (Lipinski definition) is 2. The summed E-state index contributed by atoms with van der Waals surface area (Å²) in [5, 5.41) is 19.8. The van der Waals surface area contributed by atoms with Crippen LogP contribution in [-0.2, 0) is 9.47 Å². The Bertz CT molecular complexity index is 278. The second kappa shape index (κ2) is 5.08. The third-order valence-electron chi connectivity index (χ3n) is 4.08. The number of rotatable bonds is 2. The van der Waals surface area contributed by atoms with Crippen LogP contribution in [0.25, 0.3) is 0 Å². The van der Waals surface area contributed by atoms with Crippen LogP contribution >= 0.6 is 0 Å². The van der Waals surface area contributed by atoms with Gasteiger partial charge in [-0.15, -0.1) is 0 Å². The quantitative estimate of drug-likeness (QED) is 0.793. The Morgan fingerprint density at radius 3 is 2.28 bits per heavy atom. The summed E-state index contributed by atoms with van der Waals surface area (Å²) in [7, 11) is 0. The third-order valence-corrected chi connectivity index (χ3v) is 4.08. The SMILES string of the molecule is CC(C)(C)[C@H](O)[C@H]1OC2(CCCCC2)O[C@H]1CO. The van der Waals surface area contributed by atoms with Crippen molar-refractivity contribution in [3.8, 4) is 0 Å². The van der Waals surface area contributed by atoms with Gasteiger partial charge in [0, 0.05) is 12.8 Å². The Hall–Kier alpha value is -0.160. The fraction of sp³-hybridized carbons (Fsp3) is 1.00. The molecule has 4 nitrogen and oxygen atoms in total. The Morgan fingerprint density at radius 2 is 1.78 bits per heavy atom. The molecule has 2 rings (SSSR count). The van der Waals surface area contributed by atoms with E-state index in [4.69, 9.17) is 9.47 Å². The number of ether oxygens (including phenoxy) is 2. The van der Waals surface area contributed by atoms with E-state index in [-0.39, 0.29) is 12.0 Å². The minimum Gasteiger partial charge on any atom is -0.394 e. The maximum Gasteiger partial charge on any atom is 0.169 e. The maximum absolute atomic E-state index is 10.4. The second-order valence-electron chi connectivity index (χ2n) is 6.70. The van der Waals surface area contributed by atoms with Crippen LogP contribution < -0.4 is 0 Å². The van der Waals surface area contributed by atoms with E-state index in [0.717, 1.165) is 25.7 Å². The molecule has 2 N–H and O–H groups in total. The highest BCUT2D eigenvalue weighted by atomic mass is 16.8. The highest BCUT2D eigenvalue weighted by molar-refractivity contribution is 4.94. The maximum atomic E-state index is 10.4. The van der Waals surface area contributed by atoms with Crippen molar-refractivity contribution in [2.75, 3.05) is 6.61 Å². The van der Waals surface area contributed by atoms with Crippen LogP contribution in [0.5, 0.6) is 0 Å². The largest absolute Gasteiger partial charge is 0.394 e. The molecule has 0 aromatic rings. The lowest BCUT2D eigenvalue weighted by Crippen LogP contribution is -2.44. The van der Waals surface area contributed by atoms with Gasteiger partial charge in [-0.05, 0) is 18.3 Å². The van der Waals surface area contributed by atoms with Gasteiger partial charge in [-0.25, -0.2) is 0 Å². The summed E-state index contributed by atoms with van der Waals surface area (Å²) in [4.78, 5) is 0. The van der Waals surface area contributed by atoms with Gasteiger partial charge in [-0.2, -0.15) is 0 Å². The average Bonchev–Trinajstić information content (AvgIpc) is 2.66. The van der Waals surface area contributed by atoms with E-state index in [2.05, 4.69) is 0 Å². The molecule has 1 heterocycles. The number of aliphatic hydroxyl groups is 2. The van der Waals surface area contributed by atoms with E-state index in [1.54, 1.807) is 0 Å². The predicted octanol–water partition coefficient (Wildman–Crippen LogP) is 1.83. The standard InChI is InChI=1S/C14H26O4/c1-13(2,3)12(16)11-10(9-15)17-14(18-11)7-5-4-6-8-14/h10-12,15-16H,4-9H2,1-3H3/t10-,11-,12+/m0/s1. The molecule has 0 aromatic heterocycles. The monoisotopic (exact) mass is 258 g/mol. The van der Waals surface area contributed by atoms with Gasteiger partial charge in [0.2, 0.25) is 0 Å². The normalized spacial score (nSPS) is 33.8. The van der Waals surface area contributed by atoms with Crippen LogP contribution in [0.15, 0.2) is 0 Å². The molecule has 0 unspecified atom stereocenters. The van der Waals surface area contributed by atoms with Crippen LogP contribution in [0.1, 0.15) is 52.9 Å². The van der Waals surface area contributed by atoms with E-state index < -0.39 is 24.1 Å². The van der Waals surface area contributed by atoms with Gasteiger partial charge >= 0.3 is 0 Å². The first kappa shape index (κ1) is 14.3. The summed E-state index contributed by atoms with van der Waals surface area (Å²) >= 11 is 0. The van der Waals surface area contributed by atoms with Crippen molar-refractivity contribution in [2.24, 2.45) is 5.41 Å². The van der Waals surface area contributed by atoms with Crippen molar-refractivity contribution in [3.63, 3.8) is 0 Å².